The Morgan fingerprint density at radius 1 is 1.35 bits per heavy atom. The molecule has 0 spiro atoms. The van der Waals surface area contributed by atoms with Crippen LogP contribution in [0.4, 0.5) is 17.6 Å². The van der Waals surface area contributed by atoms with E-state index in [1.54, 1.807) is 6.07 Å². The maximum atomic E-state index is 13.6. The first-order valence-corrected chi connectivity index (χ1v) is 6.02. The van der Waals surface area contributed by atoms with Crippen molar-refractivity contribution in [3.8, 4) is 0 Å². The number of carbonyl (C=O) groups excluding carboxylic acids is 1. The molecule has 0 aliphatic carbocycles. The molecule has 2 aromatic rings. The molecule has 20 heavy (non-hydrogen) atoms. The lowest BCUT2D eigenvalue weighted by Crippen LogP contribution is -2.23. The third kappa shape index (κ3) is 3.21. The average molecular weight is 352 g/mol. The molecule has 1 aromatic carbocycles. The summed E-state index contributed by atoms with van der Waals surface area (Å²) in [6.45, 7) is -0.128. The molecule has 0 radical (unpaired) electrons. The lowest BCUT2D eigenvalue weighted by molar-refractivity contribution is -0.0888. The molecule has 0 saturated carbocycles. The minimum atomic E-state index is -5.01. The van der Waals surface area contributed by atoms with Crippen LogP contribution in [0.2, 0.25) is 0 Å². The normalized spacial score (nSPS) is 11.7. The summed E-state index contributed by atoms with van der Waals surface area (Å²) in [5, 5.41) is 6.51. The highest BCUT2D eigenvalue weighted by Crippen LogP contribution is 2.20. The molecule has 4 nitrogen and oxygen atoms in total. The third-order valence-electron chi connectivity index (χ3n) is 2.38. The minimum Gasteiger partial charge on any atom is -0.282 e. The van der Waals surface area contributed by atoms with Gasteiger partial charge in [0.1, 0.15) is 5.82 Å². The standard InChI is InChI=1S/C11H6BrF4N3O/c12-7-2-1-6(8(13)3-7)4-19-5-9(17-18-19)10(20)11(14,15)16/h1-3,5H,4H2. The van der Waals surface area contributed by atoms with Gasteiger partial charge in [-0.2, -0.15) is 13.2 Å². The zero-order valence-electron chi connectivity index (χ0n) is 9.66. The van der Waals surface area contributed by atoms with Gasteiger partial charge in [-0.3, -0.25) is 4.79 Å². The van der Waals surface area contributed by atoms with Crippen LogP contribution in [0.25, 0.3) is 0 Å². The fourth-order valence-electron chi connectivity index (χ4n) is 1.45. The molecule has 106 valence electrons. The smallest absolute Gasteiger partial charge is 0.282 e. The van der Waals surface area contributed by atoms with E-state index >= 15 is 0 Å². The van der Waals surface area contributed by atoms with Gasteiger partial charge < -0.3 is 0 Å². The first-order valence-electron chi connectivity index (χ1n) is 5.23. The summed E-state index contributed by atoms with van der Waals surface area (Å²) in [6, 6.07) is 4.25. The summed E-state index contributed by atoms with van der Waals surface area (Å²) in [6.07, 6.45) is -4.18. The highest BCUT2D eigenvalue weighted by molar-refractivity contribution is 9.10. The van der Waals surface area contributed by atoms with Gasteiger partial charge in [0.25, 0.3) is 5.78 Å². The van der Waals surface area contributed by atoms with E-state index in [2.05, 4.69) is 26.2 Å². The second-order valence-electron chi connectivity index (χ2n) is 3.86. The number of halogens is 5. The van der Waals surface area contributed by atoms with Crippen LogP contribution in [-0.4, -0.2) is 27.0 Å². The summed E-state index contributed by atoms with van der Waals surface area (Å²) < 4.78 is 51.6. The maximum Gasteiger partial charge on any atom is 0.456 e. The highest BCUT2D eigenvalue weighted by Gasteiger charge is 2.41. The third-order valence-corrected chi connectivity index (χ3v) is 2.87. The van der Waals surface area contributed by atoms with E-state index in [4.69, 9.17) is 0 Å². The number of hydrogen-bond acceptors (Lipinski definition) is 3. The zero-order chi connectivity index (χ0) is 14.9. The second-order valence-corrected chi connectivity index (χ2v) is 4.78. The van der Waals surface area contributed by atoms with Gasteiger partial charge in [0, 0.05) is 10.0 Å². The Morgan fingerprint density at radius 2 is 2.05 bits per heavy atom. The Bertz CT molecular complexity index is 653. The number of benzene rings is 1. The Balaban J connectivity index is 2.20. The molecular weight excluding hydrogens is 346 g/mol. The number of alkyl halides is 3. The number of nitrogens with zero attached hydrogens (tertiary/aromatic N) is 3. The highest BCUT2D eigenvalue weighted by atomic mass is 79.9. The molecule has 2 rings (SSSR count). The van der Waals surface area contributed by atoms with Crippen molar-refractivity contribution in [1.82, 2.24) is 15.0 Å². The summed E-state index contributed by atoms with van der Waals surface area (Å²) in [4.78, 5) is 10.9. The number of hydrogen-bond donors (Lipinski definition) is 0. The first kappa shape index (κ1) is 14.6. The van der Waals surface area contributed by atoms with Crippen molar-refractivity contribution in [1.29, 1.82) is 0 Å². The largest absolute Gasteiger partial charge is 0.456 e. The van der Waals surface area contributed by atoms with Crippen LogP contribution in [0.3, 0.4) is 0 Å². The van der Waals surface area contributed by atoms with Gasteiger partial charge in [0.05, 0.1) is 12.7 Å². The quantitative estimate of drug-likeness (QED) is 0.630. The van der Waals surface area contributed by atoms with E-state index in [0.717, 1.165) is 10.9 Å². The molecule has 0 N–H and O–H groups in total. The van der Waals surface area contributed by atoms with Crippen LogP contribution >= 0.6 is 15.9 Å². The summed E-state index contributed by atoms with van der Waals surface area (Å²) in [7, 11) is 0. The van der Waals surface area contributed by atoms with Crippen LogP contribution in [0.1, 0.15) is 16.1 Å². The van der Waals surface area contributed by atoms with Gasteiger partial charge in [-0.25, -0.2) is 9.07 Å². The molecule has 0 atom stereocenters. The van der Waals surface area contributed by atoms with Crippen molar-refractivity contribution in [2.24, 2.45) is 0 Å². The monoisotopic (exact) mass is 351 g/mol. The lowest BCUT2D eigenvalue weighted by Gasteiger charge is -2.03. The minimum absolute atomic E-state index is 0.128. The molecule has 0 aliphatic heterocycles. The Kier molecular flexibility index (Phi) is 3.89. The van der Waals surface area contributed by atoms with Crippen LogP contribution in [-0.2, 0) is 6.54 Å². The van der Waals surface area contributed by atoms with Gasteiger partial charge in [-0.1, -0.05) is 27.2 Å². The van der Waals surface area contributed by atoms with Crippen molar-refractivity contribution in [2.45, 2.75) is 12.7 Å². The summed E-state index contributed by atoms with van der Waals surface area (Å²) >= 11 is 3.08. The van der Waals surface area contributed by atoms with Crippen molar-refractivity contribution in [3.05, 3.63) is 45.9 Å². The summed E-state index contributed by atoms with van der Waals surface area (Å²) in [5.74, 6) is -2.63. The molecule has 0 bridgehead atoms. The number of Topliss-reactive ketones (excluding diaryl/α,β-unsaturated/α-hetero) is 1. The predicted octanol–water partition coefficient (Wildman–Crippen LogP) is 2.97. The molecule has 0 unspecified atom stereocenters. The number of ketones is 1. The molecule has 1 heterocycles. The van der Waals surface area contributed by atoms with E-state index in [0.29, 0.717) is 4.47 Å². The van der Waals surface area contributed by atoms with Gasteiger partial charge in [0.15, 0.2) is 5.69 Å². The average Bonchev–Trinajstić information content (AvgIpc) is 2.79. The number of rotatable bonds is 3. The van der Waals surface area contributed by atoms with E-state index in [9.17, 15) is 22.4 Å². The fourth-order valence-corrected chi connectivity index (χ4v) is 1.78. The van der Waals surface area contributed by atoms with Gasteiger partial charge in [0.2, 0.25) is 0 Å². The Labute approximate surface area is 118 Å². The van der Waals surface area contributed by atoms with Crippen LogP contribution in [0, 0.1) is 5.82 Å². The molecule has 0 saturated heterocycles. The van der Waals surface area contributed by atoms with E-state index in [1.165, 1.54) is 12.1 Å². The van der Waals surface area contributed by atoms with Crippen LogP contribution in [0.15, 0.2) is 28.9 Å². The molecule has 0 amide bonds. The second kappa shape index (κ2) is 5.31. The van der Waals surface area contributed by atoms with Crippen molar-refractivity contribution >= 4 is 21.7 Å². The van der Waals surface area contributed by atoms with Gasteiger partial charge in [-0.05, 0) is 12.1 Å². The first-order chi connectivity index (χ1) is 9.27. The fraction of sp³-hybridized carbons (Fsp3) is 0.182. The van der Waals surface area contributed by atoms with Crippen LogP contribution < -0.4 is 0 Å². The topological polar surface area (TPSA) is 47.8 Å². The number of aromatic nitrogens is 3. The van der Waals surface area contributed by atoms with Crippen molar-refractivity contribution in [3.63, 3.8) is 0 Å². The van der Waals surface area contributed by atoms with Crippen LogP contribution in [0.5, 0.6) is 0 Å². The van der Waals surface area contributed by atoms with Crippen molar-refractivity contribution in [2.75, 3.05) is 0 Å². The Morgan fingerprint density at radius 3 is 2.65 bits per heavy atom. The maximum absolute atomic E-state index is 13.6. The van der Waals surface area contributed by atoms with E-state index < -0.39 is 23.5 Å². The summed E-state index contributed by atoms with van der Waals surface area (Å²) in [5.41, 5.74) is -0.612. The molecule has 0 fully saturated rings. The lowest BCUT2D eigenvalue weighted by atomic mass is 10.2. The zero-order valence-corrected chi connectivity index (χ0v) is 11.2. The van der Waals surface area contributed by atoms with Gasteiger partial charge in [-0.15, -0.1) is 5.10 Å². The molecule has 1 aromatic heterocycles. The van der Waals surface area contributed by atoms with Gasteiger partial charge >= 0.3 is 6.18 Å². The Hall–Kier alpha value is -1.77. The molecule has 0 aliphatic rings. The predicted molar refractivity (Wildman–Crippen MR) is 63.6 cm³/mol. The van der Waals surface area contributed by atoms with E-state index in [1.807, 2.05) is 0 Å². The van der Waals surface area contributed by atoms with E-state index in [-0.39, 0.29) is 12.1 Å². The number of carbonyl (C=O) groups is 1. The molecule has 9 heteroatoms. The van der Waals surface area contributed by atoms with Crippen molar-refractivity contribution < 1.29 is 22.4 Å². The molecular formula is C11H6BrF4N3O. The SMILES string of the molecule is O=C(c1cn(Cc2ccc(Br)cc2F)nn1)C(F)(F)F.